The Labute approximate surface area is 213 Å². The summed E-state index contributed by atoms with van der Waals surface area (Å²) in [5.74, 6) is 1.21. The predicted octanol–water partition coefficient (Wildman–Crippen LogP) is 4.60. The third-order valence-electron chi connectivity index (χ3n) is 6.90. The molecule has 0 aliphatic carbocycles. The molecule has 2 aromatic rings. The second-order valence-corrected chi connectivity index (χ2v) is 11.9. The van der Waals surface area contributed by atoms with E-state index in [1.54, 1.807) is 42.5 Å². The first kappa shape index (κ1) is 25.8. The number of benzene rings is 2. The van der Waals surface area contributed by atoms with Crippen LogP contribution in [0.15, 0.2) is 53.4 Å². The van der Waals surface area contributed by atoms with E-state index >= 15 is 0 Å². The number of halogens is 1. The van der Waals surface area contributed by atoms with Gasteiger partial charge in [0.2, 0.25) is 15.9 Å². The third kappa shape index (κ3) is 6.29. The predicted molar refractivity (Wildman–Crippen MR) is 135 cm³/mol. The summed E-state index contributed by atoms with van der Waals surface area (Å²) < 4.78 is 40.0. The highest BCUT2D eigenvalue weighted by Crippen LogP contribution is 2.38. The van der Waals surface area contributed by atoms with Gasteiger partial charge in [-0.1, -0.05) is 17.7 Å². The molecule has 2 fully saturated rings. The van der Waals surface area contributed by atoms with E-state index < -0.39 is 15.4 Å². The van der Waals surface area contributed by atoms with Gasteiger partial charge in [0.15, 0.2) is 0 Å². The molecule has 190 valence electrons. The Kier molecular flexibility index (Phi) is 8.24. The molecule has 2 saturated heterocycles. The molecule has 0 aromatic heterocycles. The summed E-state index contributed by atoms with van der Waals surface area (Å²) >= 11 is 6.00. The number of nitrogens with zero attached hydrogens (tertiary/aromatic N) is 2. The van der Waals surface area contributed by atoms with Gasteiger partial charge in [0.05, 0.1) is 18.6 Å². The van der Waals surface area contributed by atoms with Gasteiger partial charge in [-0.05, 0) is 68.5 Å². The van der Waals surface area contributed by atoms with Gasteiger partial charge in [0.1, 0.15) is 11.5 Å². The Morgan fingerprint density at radius 1 is 1.00 bits per heavy atom. The summed E-state index contributed by atoms with van der Waals surface area (Å²) in [7, 11) is -2.25. The lowest BCUT2D eigenvalue weighted by atomic mass is 9.78. The number of carbonyl (C=O) groups excluding carboxylic acids is 1. The second-order valence-electron chi connectivity index (χ2n) is 9.48. The van der Waals surface area contributed by atoms with Crippen LogP contribution in [0.25, 0.3) is 0 Å². The first-order valence-electron chi connectivity index (χ1n) is 12.1. The lowest BCUT2D eigenvalue weighted by Crippen LogP contribution is -2.51. The van der Waals surface area contributed by atoms with E-state index in [1.165, 1.54) is 17.5 Å². The Balaban J connectivity index is 1.58. The molecule has 9 heteroatoms. The maximum absolute atomic E-state index is 13.6. The van der Waals surface area contributed by atoms with Crippen LogP contribution < -0.4 is 9.47 Å². The normalized spacial score (nSPS) is 21.5. The Morgan fingerprint density at radius 2 is 1.74 bits per heavy atom. The van der Waals surface area contributed by atoms with Gasteiger partial charge in [0.25, 0.3) is 0 Å². The molecule has 35 heavy (non-hydrogen) atoms. The van der Waals surface area contributed by atoms with E-state index in [2.05, 4.69) is 0 Å². The Morgan fingerprint density at radius 3 is 2.46 bits per heavy atom. The largest absolute Gasteiger partial charge is 0.497 e. The smallest absolute Gasteiger partial charge is 0.243 e. The monoisotopic (exact) mass is 520 g/mol. The van der Waals surface area contributed by atoms with E-state index in [9.17, 15) is 13.2 Å². The van der Waals surface area contributed by atoms with Crippen molar-refractivity contribution >= 4 is 27.5 Å². The molecule has 7 nitrogen and oxygen atoms in total. The van der Waals surface area contributed by atoms with Crippen LogP contribution in [-0.2, 0) is 14.8 Å². The van der Waals surface area contributed by atoms with E-state index in [4.69, 9.17) is 21.1 Å². The van der Waals surface area contributed by atoms with Crippen molar-refractivity contribution in [2.45, 2.75) is 43.4 Å². The van der Waals surface area contributed by atoms with Crippen LogP contribution in [0.1, 0.15) is 38.5 Å². The van der Waals surface area contributed by atoms with Crippen molar-refractivity contribution in [3.8, 4) is 11.5 Å². The molecular formula is C26H33ClN2O5S. The number of ether oxygens (including phenoxy) is 2. The Bertz CT molecular complexity index is 1120. The van der Waals surface area contributed by atoms with Crippen LogP contribution in [0.5, 0.6) is 11.5 Å². The van der Waals surface area contributed by atoms with E-state index in [0.29, 0.717) is 35.9 Å². The summed E-state index contributed by atoms with van der Waals surface area (Å²) in [6, 6.07) is 13.6. The van der Waals surface area contributed by atoms with Crippen LogP contribution in [0.4, 0.5) is 0 Å². The van der Waals surface area contributed by atoms with Gasteiger partial charge in [-0.25, -0.2) is 8.42 Å². The molecule has 0 bridgehead atoms. The van der Waals surface area contributed by atoms with Gasteiger partial charge >= 0.3 is 0 Å². The van der Waals surface area contributed by atoms with Gasteiger partial charge in [0, 0.05) is 49.1 Å². The van der Waals surface area contributed by atoms with Crippen LogP contribution >= 0.6 is 11.6 Å². The molecule has 0 saturated carbocycles. The number of rotatable bonds is 8. The summed E-state index contributed by atoms with van der Waals surface area (Å²) in [4.78, 5) is 15.4. The van der Waals surface area contributed by atoms with E-state index in [0.717, 1.165) is 32.4 Å². The first-order valence-corrected chi connectivity index (χ1v) is 13.9. The van der Waals surface area contributed by atoms with Crippen molar-refractivity contribution in [2.24, 2.45) is 5.41 Å². The molecule has 1 atom stereocenters. The molecule has 1 amide bonds. The maximum atomic E-state index is 13.6. The first-order chi connectivity index (χ1) is 16.8. The highest BCUT2D eigenvalue weighted by atomic mass is 35.5. The minimum absolute atomic E-state index is 0.0741. The highest BCUT2D eigenvalue weighted by Gasteiger charge is 2.43. The summed E-state index contributed by atoms with van der Waals surface area (Å²) in [6.45, 7) is 2.40. The second kappa shape index (κ2) is 11.2. The van der Waals surface area contributed by atoms with Crippen LogP contribution in [0.3, 0.4) is 0 Å². The lowest BCUT2D eigenvalue weighted by molar-refractivity contribution is -0.136. The zero-order valence-electron chi connectivity index (χ0n) is 20.1. The van der Waals surface area contributed by atoms with Gasteiger partial charge in [-0.3, -0.25) is 4.79 Å². The molecule has 2 aliphatic rings. The zero-order chi connectivity index (χ0) is 24.9. The molecule has 0 radical (unpaired) electrons. The summed E-state index contributed by atoms with van der Waals surface area (Å²) in [5.41, 5.74) is -0.627. The quantitative estimate of drug-likeness (QED) is 0.508. The SMILES string of the molecule is COc1cccc(S(=O)(=O)N2CCC[C@@](COc3ccc(Cl)cc3)(CC(=O)N3CCCCC3)C2)c1. The van der Waals surface area contributed by atoms with Gasteiger partial charge < -0.3 is 14.4 Å². The molecule has 0 spiro atoms. The summed E-state index contributed by atoms with van der Waals surface area (Å²) in [6.07, 6.45) is 4.78. The van der Waals surface area contributed by atoms with Crippen molar-refractivity contribution in [3.63, 3.8) is 0 Å². The molecule has 4 rings (SSSR count). The van der Waals surface area contributed by atoms with Crippen LogP contribution in [0, 0.1) is 5.41 Å². The van der Waals surface area contributed by atoms with E-state index in [-0.39, 0.29) is 30.4 Å². The fourth-order valence-electron chi connectivity index (χ4n) is 4.93. The number of likely N-dealkylation sites (tertiary alicyclic amines) is 1. The highest BCUT2D eigenvalue weighted by molar-refractivity contribution is 7.89. The number of hydrogen-bond donors (Lipinski definition) is 0. The topological polar surface area (TPSA) is 76.1 Å². The van der Waals surface area contributed by atoms with Crippen molar-refractivity contribution in [3.05, 3.63) is 53.6 Å². The molecule has 2 aromatic carbocycles. The zero-order valence-corrected chi connectivity index (χ0v) is 21.7. The van der Waals surface area contributed by atoms with Crippen LogP contribution in [0.2, 0.25) is 5.02 Å². The molecular weight excluding hydrogens is 488 g/mol. The third-order valence-corrected chi connectivity index (χ3v) is 8.99. The average molecular weight is 521 g/mol. The minimum atomic E-state index is -3.76. The van der Waals surface area contributed by atoms with Crippen molar-refractivity contribution in [1.29, 1.82) is 0 Å². The lowest BCUT2D eigenvalue weighted by Gasteiger charge is -2.42. The van der Waals surface area contributed by atoms with E-state index in [1.807, 2.05) is 4.90 Å². The molecule has 0 N–H and O–H groups in total. The number of methoxy groups -OCH3 is 1. The average Bonchev–Trinajstić information content (AvgIpc) is 2.89. The van der Waals surface area contributed by atoms with Crippen molar-refractivity contribution in [2.75, 3.05) is 39.9 Å². The number of sulfonamides is 1. The fraction of sp³-hybridized carbons (Fsp3) is 0.500. The molecule has 2 aliphatic heterocycles. The molecule has 2 heterocycles. The van der Waals surface area contributed by atoms with Crippen LogP contribution in [-0.4, -0.2) is 63.4 Å². The fourth-order valence-corrected chi connectivity index (χ4v) is 6.69. The Hall–Kier alpha value is -2.29. The van der Waals surface area contributed by atoms with Crippen molar-refractivity contribution in [1.82, 2.24) is 9.21 Å². The standard InChI is InChI=1S/C26H33ClN2O5S/c1-33-23-7-5-8-24(17-23)35(31,32)29-16-6-13-26(19-29,18-25(30)28-14-3-2-4-15-28)20-34-22-11-9-21(27)10-12-22/h5,7-12,17H,2-4,6,13-16,18-20H2,1H3/t26-/m1/s1. The van der Waals surface area contributed by atoms with Gasteiger partial charge in [-0.2, -0.15) is 4.31 Å². The minimum Gasteiger partial charge on any atom is -0.497 e. The maximum Gasteiger partial charge on any atom is 0.243 e. The summed E-state index contributed by atoms with van der Waals surface area (Å²) in [5, 5.41) is 0.612. The number of hydrogen-bond acceptors (Lipinski definition) is 5. The van der Waals surface area contributed by atoms with Gasteiger partial charge in [-0.15, -0.1) is 0 Å². The number of carbonyl (C=O) groups is 1. The van der Waals surface area contributed by atoms with Crippen molar-refractivity contribution < 1.29 is 22.7 Å². The number of piperidine rings is 2. The number of amides is 1. The molecule has 0 unspecified atom stereocenters.